The fourth-order valence-corrected chi connectivity index (χ4v) is 2.39. The molecule has 110 valence electrons. The fraction of sp³-hybridized carbons (Fsp3) is 0.111. The van der Waals surface area contributed by atoms with Crippen molar-refractivity contribution in [2.75, 3.05) is 7.11 Å². The van der Waals surface area contributed by atoms with E-state index < -0.39 is 0 Å². The van der Waals surface area contributed by atoms with E-state index in [0.29, 0.717) is 11.3 Å². The van der Waals surface area contributed by atoms with Crippen molar-refractivity contribution in [2.24, 2.45) is 0 Å². The van der Waals surface area contributed by atoms with Crippen LogP contribution in [0, 0.1) is 6.92 Å². The van der Waals surface area contributed by atoms with Gasteiger partial charge < -0.3 is 4.74 Å². The van der Waals surface area contributed by atoms with Crippen LogP contribution in [0.4, 0.5) is 0 Å². The van der Waals surface area contributed by atoms with Crippen LogP contribution in [0.1, 0.15) is 15.9 Å². The molecule has 3 aromatic rings. The highest BCUT2D eigenvalue weighted by Gasteiger charge is 2.12. The lowest BCUT2D eigenvalue weighted by Gasteiger charge is -2.05. The SMILES string of the molecule is COc1ccc(-c2nn(-c3ccccc3C)cc2C=O)cc1. The summed E-state index contributed by atoms with van der Waals surface area (Å²) in [5, 5.41) is 4.58. The van der Waals surface area contributed by atoms with Crippen molar-refractivity contribution in [3.8, 4) is 22.7 Å². The van der Waals surface area contributed by atoms with Crippen LogP contribution in [0.25, 0.3) is 16.9 Å². The summed E-state index contributed by atoms with van der Waals surface area (Å²) < 4.78 is 6.91. The van der Waals surface area contributed by atoms with Crippen LogP contribution in [0.2, 0.25) is 0 Å². The molecule has 0 saturated heterocycles. The molecule has 0 N–H and O–H groups in total. The highest BCUT2D eigenvalue weighted by atomic mass is 16.5. The average molecular weight is 292 g/mol. The first-order valence-corrected chi connectivity index (χ1v) is 6.98. The Morgan fingerprint density at radius 2 is 1.82 bits per heavy atom. The summed E-state index contributed by atoms with van der Waals surface area (Å²) in [6.07, 6.45) is 2.59. The molecular weight excluding hydrogens is 276 g/mol. The van der Waals surface area contributed by atoms with E-state index in [0.717, 1.165) is 28.8 Å². The van der Waals surface area contributed by atoms with E-state index in [1.54, 1.807) is 18.0 Å². The van der Waals surface area contributed by atoms with Crippen LogP contribution in [-0.4, -0.2) is 23.2 Å². The number of carbonyl (C=O) groups excluding carboxylic acids is 1. The maximum atomic E-state index is 11.4. The molecule has 0 atom stereocenters. The van der Waals surface area contributed by atoms with Crippen LogP contribution < -0.4 is 4.74 Å². The van der Waals surface area contributed by atoms with E-state index in [4.69, 9.17) is 4.74 Å². The number of para-hydroxylation sites is 1. The van der Waals surface area contributed by atoms with E-state index in [9.17, 15) is 4.79 Å². The van der Waals surface area contributed by atoms with Gasteiger partial charge in [-0.1, -0.05) is 18.2 Å². The predicted octanol–water partition coefficient (Wildman–Crippen LogP) is 3.67. The van der Waals surface area contributed by atoms with Gasteiger partial charge in [-0.25, -0.2) is 4.68 Å². The van der Waals surface area contributed by atoms with E-state index in [2.05, 4.69) is 5.10 Å². The van der Waals surface area contributed by atoms with Gasteiger partial charge in [-0.05, 0) is 42.8 Å². The quantitative estimate of drug-likeness (QED) is 0.689. The van der Waals surface area contributed by atoms with Crippen molar-refractivity contribution in [3.63, 3.8) is 0 Å². The lowest BCUT2D eigenvalue weighted by atomic mass is 10.1. The Bertz CT molecular complexity index is 804. The molecule has 0 aliphatic carbocycles. The molecule has 4 heteroatoms. The summed E-state index contributed by atoms with van der Waals surface area (Å²) in [5.74, 6) is 0.773. The van der Waals surface area contributed by atoms with Crippen LogP contribution in [0.3, 0.4) is 0 Å². The summed E-state index contributed by atoms with van der Waals surface area (Å²) in [4.78, 5) is 11.4. The number of ether oxygens (including phenoxy) is 1. The van der Waals surface area contributed by atoms with Crippen molar-refractivity contribution < 1.29 is 9.53 Å². The average Bonchev–Trinajstić information content (AvgIpc) is 2.99. The van der Waals surface area contributed by atoms with Crippen LogP contribution >= 0.6 is 0 Å². The number of nitrogens with zero attached hydrogens (tertiary/aromatic N) is 2. The third-order valence-corrected chi connectivity index (χ3v) is 3.60. The van der Waals surface area contributed by atoms with Gasteiger partial charge in [0, 0.05) is 11.8 Å². The molecule has 1 heterocycles. The first-order valence-electron chi connectivity index (χ1n) is 6.98. The molecule has 22 heavy (non-hydrogen) atoms. The monoisotopic (exact) mass is 292 g/mol. The molecule has 1 aromatic heterocycles. The van der Waals surface area contributed by atoms with Crippen LogP contribution in [-0.2, 0) is 0 Å². The summed E-state index contributed by atoms with van der Waals surface area (Å²) in [5.41, 5.74) is 4.18. The third kappa shape index (κ3) is 2.51. The van der Waals surface area contributed by atoms with Gasteiger partial charge in [0.2, 0.25) is 0 Å². The first-order chi connectivity index (χ1) is 10.7. The van der Waals surface area contributed by atoms with Gasteiger partial charge in [0.1, 0.15) is 11.4 Å². The summed E-state index contributed by atoms with van der Waals surface area (Å²) in [6, 6.07) is 15.4. The third-order valence-electron chi connectivity index (χ3n) is 3.60. The molecule has 0 unspecified atom stereocenters. The van der Waals surface area contributed by atoms with Gasteiger partial charge in [-0.3, -0.25) is 4.79 Å². The van der Waals surface area contributed by atoms with Crippen molar-refractivity contribution >= 4 is 6.29 Å². The normalized spacial score (nSPS) is 10.5. The minimum Gasteiger partial charge on any atom is -0.497 e. The number of carbonyl (C=O) groups is 1. The van der Waals surface area contributed by atoms with E-state index >= 15 is 0 Å². The number of hydrogen-bond acceptors (Lipinski definition) is 3. The summed E-state index contributed by atoms with van der Waals surface area (Å²) in [7, 11) is 1.62. The number of aldehydes is 1. The van der Waals surface area contributed by atoms with Crippen molar-refractivity contribution in [3.05, 3.63) is 65.9 Å². The molecule has 0 bridgehead atoms. The Hall–Kier alpha value is -2.88. The molecule has 0 radical (unpaired) electrons. The Morgan fingerprint density at radius 3 is 2.45 bits per heavy atom. The molecule has 0 spiro atoms. The molecular formula is C18H16N2O2. The molecule has 4 nitrogen and oxygen atoms in total. The standard InChI is InChI=1S/C18H16N2O2/c1-13-5-3-4-6-17(13)20-11-15(12-21)18(19-20)14-7-9-16(22-2)10-8-14/h3-12H,1-2H3. The second-order valence-corrected chi connectivity index (χ2v) is 5.01. The zero-order valence-electron chi connectivity index (χ0n) is 12.5. The molecule has 0 fully saturated rings. The molecule has 3 rings (SSSR count). The molecule has 0 aliphatic heterocycles. The van der Waals surface area contributed by atoms with Gasteiger partial charge in [-0.15, -0.1) is 0 Å². The highest BCUT2D eigenvalue weighted by Crippen LogP contribution is 2.25. The topological polar surface area (TPSA) is 44.1 Å². The number of hydrogen-bond donors (Lipinski definition) is 0. The minimum absolute atomic E-state index is 0.563. The second-order valence-electron chi connectivity index (χ2n) is 5.01. The lowest BCUT2D eigenvalue weighted by molar-refractivity contribution is 0.112. The van der Waals surface area contributed by atoms with Gasteiger partial charge in [0.05, 0.1) is 18.4 Å². The predicted molar refractivity (Wildman–Crippen MR) is 85.7 cm³/mol. The maximum absolute atomic E-state index is 11.4. The second kappa shape index (κ2) is 5.85. The maximum Gasteiger partial charge on any atom is 0.153 e. The number of aromatic nitrogens is 2. The number of aryl methyl sites for hydroxylation is 1. The minimum atomic E-state index is 0.563. The Morgan fingerprint density at radius 1 is 1.09 bits per heavy atom. The highest BCUT2D eigenvalue weighted by molar-refractivity contribution is 5.85. The van der Waals surface area contributed by atoms with Crippen LogP contribution in [0.15, 0.2) is 54.7 Å². The smallest absolute Gasteiger partial charge is 0.153 e. The van der Waals surface area contributed by atoms with E-state index in [1.165, 1.54) is 0 Å². The van der Waals surface area contributed by atoms with Gasteiger partial charge in [0.25, 0.3) is 0 Å². The summed E-state index contributed by atoms with van der Waals surface area (Å²) >= 11 is 0. The van der Waals surface area contributed by atoms with Gasteiger partial charge in [-0.2, -0.15) is 5.10 Å². The van der Waals surface area contributed by atoms with E-state index in [-0.39, 0.29) is 0 Å². The Labute approximate surface area is 129 Å². The van der Waals surface area contributed by atoms with Gasteiger partial charge >= 0.3 is 0 Å². The lowest BCUT2D eigenvalue weighted by Crippen LogP contribution is -1.97. The Kier molecular flexibility index (Phi) is 3.74. The van der Waals surface area contributed by atoms with Crippen molar-refractivity contribution in [1.82, 2.24) is 9.78 Å². The fourth-order valence-electron chi connectivity index (χ4n) is 2.39. The molecule has 0 saturated carbocycles. The summed E-state index contributed by atoms with van der Waals surface area (Å²) in [6.45, 7) is 2.02. The number of benzene rings is 2. The number of rotatable bonds is 4. The van der Waals surface area contributed by atoms with E-state index in [1.807, 2.05) is 55.5 Å². The zero-order chi connectivity index (χ0) is 15.5. The van der Waals surface area contributed by atoms with Crippen molar-refractivity contribution in [1.29, 1.82) is 0 Å². The zero-order valence-corrected chi connectivity index (χ0v) is 12.5. The molecule has 2 aromatic carbocycles. The van der Waals surface area contributed by atoms with Gasteiger partial charge in [0.15, 0.2) is 6.29 Å². The largest absolute Gasteiger partial charge is 0.497 e. The Balaban J connectivity index is 2.08. The first kappa shape index (κ1) is 14.1. The van der Waals surface area contributed by atoms with Crippen LogP contribution in [0.5, 0.6) is 5.75 Å². The molecule has 0 amide bonds. The van der Waals surface area contributed by atoms with Crippen molar-refractivity contribution in [2.45, 2.75) is 6.92 Å². The molecule has 0 aliphatic rings. The number of methoxy groups -OCH3 is 1.